The number of aromatic nitrogens is 2. The number of carbonyl (C=O) groups excluding carboxylic acids is 1. The SMILES string of the molecule is O=C(Nc1c(-c2cccs2)nc2cc(Br)ccn12)c1ccc(Cl)cc1. The van der Waals surface area contributed by atoms with E-state index >= 15 is 0 Å². The van der Waals surface area contributed by atoms with E-state index in [-0.39, 0.29) is 5.91 Å². The van der Waals surface area contributed by atoms with Crippen LogP contribution in [-0.2, 0) is 0 Å². The zero-order valence-electron chi connectivity index (χ0n) is 12.7. The van der Waals surface area contributed by atoms with E-state index in [1.807, 2.05) is 40.2 Å². The van der Waals surface area contributed by atoms with Crippen molar-refractivity contribution in [3.8, 4) is 10.6 Å². The Morgan fingerprint density at radius 3 is 2.72 bits per heavy atom. The summed E-state index contributed by atoms with van der Waals surface area (Å²) in [7, 11) is 0. The summed E-state index contributed by atoms with van der Waals surface area (Å²) < 4.78 is 2.80. The number of nitrogens with one attached hydrogen (secondary N) is 1. The molecule has 4 nitrogen and oxygen atoms in total. The Hall–Kier alpha value is -2.15. The largest absolute Gasteiger partial charge is 0.306 e. The summed E-state index contributed by atoms with van der Waals surface area (Å²) in [6.45, 7) is 0. The lowest BCUT2D eigenvalue weighted by atomic mass is 10.2. The molecule has 0 bridgehead atoms. The van der Waals surface area contributed by atoms with Crippen LogP contribution in [0.1, 0.15) is 10.4 Å². The number of pyridine rings is 1. The second kappa shape index (κ2) is 6.63. The van der Waals surface area contributed by atoms with Gasteiger partial charge in [-0.3, -0.25) is 9.20 Å². The van der Waals surface area contributed by atoms with Crippen LogP contribution in [-0.4, -0.2) is 15.3 Å². The van der Waals surface area contributed by atoms with Crippen LogP contribution in [0, 0.1) is 0 Å². The molecule has 4 rings (SSSR count). The zero-order valence-corrected chi connectivity index (χ0v) is 15.9. The van der Waals surface area contributed by atoms with Gasteiger partial charge in [-0.1, -0.05) is 33.6 Å². The van der Waals surface area contributed by atoms with Crippen molar-refractivity contribution in [3.05, 3.63) is 75.2 Å². The van der Waals surface area contributed by atoms with Crippen LogP contribution in [0.25, 0.3) is 16.2 Å². The Labute approximate surface area is 161 Å². The van der Waals surface area contributed by atoms with Gasteiger partial charge in [-0.2, -0.15) is 0 Å². The quantitative estimate of drug-likeness (QED) is 0.449. The van der Waals surface area contributed by atoms with Gasteiger partial charge in [0.15, 0.2) is 0 Å². The lowest BCUT2D eigenvalue weighted by Crippen LogP contribution is -2.13. The number of amides is 1. The van der Waals surface area contributed by atoms with E-state index in [4.69, 9.17) is 11.6 Å². The molecule has 0 aliphatic carbocycles. The van der Waals surface area contributed by atoms with Crippen molar-refractivity contribution in [2.24, 2.45) is 0 Å². The Morgan fingerprint density at radius 1 is 1.20 bits per heavy atom. The molecule has 1 aromatic carbocycles. The van der Waals surface area contributed by atoms with Crippen LogP contribution in [0.2, 0.25) is 5.02 Å². The number of carbonyl (C=O) groups is 1. The van der Waals surface area contributed by atoms with Crippen LogP contribution in [0.5, 0.6) is 0 Å². The maximum atomic E-state index is 12.7. The fourth-order valence-corrected chi connectivity index (χ4v) is 3.67. The number of benzene rings is 1. The summed E-state index contributed by atoms with van der Waals surface area (Å²) >= 11 is 10.9. The molecule has 0 atom stereocenters. The predicted molar refractivity (Wildman–Crippen MR) is 106 cm³/mol. The van der Waals surface area contributed by atoms with Gasteiger partial charge >= 0.3 is 0 Å². The number of rotatable bonds is 3. The van der Waals surface area contributed by atoms with E-state index < -0.39 is 0 Å². The molecule has 0 unspecified atom stereocenters. The third-order valence-electron chi connectivity index (χ3n) is 3.68. The van der Waals surface area contributed by atoms with Gasteiger partial charge < -0.3 is 5.32 Å². The fraction of sp³-hybridized carbons (Fsp3) is 0. The molecule has 0 aliphatic rings. The number of halogens is 2. The molecular formula is C18H11BrClN3OS. The van der Waals surface area contributed by atoms with Crippen LogP contribution < -0.4 is 5.32 Å². The average Bonchev–Trinajstić information content (AvgIpc) is 3.23. The third kappa shape index (κ3) is 3.20. The monoisotopic (exact) mass is 431 g/mol. The Bertz CT molecular complexity index is 1060. The number of hydrogen-bond donors (Lipinski definition) is 1. The second-order valence-corrected chi connectivity index (χ2v) is 7.62. The molecule has 0 aliphatic heterocycles. The lowest BCUT2D eigenvalue weighted by Gasteiger charge is -2.07. The van der Waals surface area contributed by atoms with Crippen molar-refractivity contribution in [3.63, 3.8) is 0 Å². The average molecular weight is 433 g/mol. The number of hydrogen-bond acceptors (Lipinski definition) is 3. The molecule has 7 heteroatoms. The first-order valence-corrected chi connectivity index (χ1v) is 9.45. The zero-order chi connectivity index (χ0) is 17.4. The van der Waals surface area contributed by atoms with Gasteiger partial charge in [0.2, 0.25) is 0 Å². The maximum Gasteiger partial charge on any atom is 0.256 e. The van der Waals surface area contributed by atoms with E-state index in [9.17, 15) is 4.79 Å². The Balaban J connectivity index is 1.80. The smallest absolute Gasteiger partial charge is 0.256 e. The summed E-state index contributed by atoms with van der Waals surface area (Å²) in [6.07, 6.45) is 1.88. The molecule has 0 saturated heterocycles. The lowest BCUT2D eigenvalue weighted by molar-refractivity contribution is 0.102. The first-order chi connectivity index (χ1) is 12.1. The molecule has 1 N–H and O–H groups in total. The molecule has 4 aromatic rings. The Morgan fingerprint density at radius 2 is 2.00 bits per heavy atom. The highest BCUT2D eigenvalue weighted by molar-refractivity contribution is 9.10. The van der Waals surface area contributed by atoms with Crippen LogP contribution >= 0.6 is 38.9 Å². The highest BCUT2D eigenvalue weighted by atomic mass is 79.9. The standard InChI is InChI=1S/C18H11BrClN3OS/c19-12-7-8-23-15(10-12)21-16(14-2-1-9-25-14)17(23)22-18(24)11-3-5-13(20)6-4-11/h1-10H,(H,22,24). The van der Waals surface area contributed by atoms with E-state index in [1.165, 1.54) is 0 Å². The summed E-state index contributed by atoms with van der Waals surface area (Å²) in [5.74, 6) is 0.434. The number of nitrogens with zero attached hydrogens (tertiary/aromatic N) is 2. The molecule has 3 aromatic heterocycles. The molecule has 25 heavy (non-hydrogen) atoms. The number of imidazole rings is 1. The van der Waals surface area contributed by atoms with Crippen molar-refractivity contribution in [1.29, 1.82) is 0 Å². The number of thiophene rings is 1. The molecule has 0 radical (unpaired) electrons. The first kappa shape index (κ1) is 16.3. The normalized spacial score (nSPS) is 11.0. The topological polar surface area (TPSA) is 46.4 Å². The minimum Gasteiger partial charge on any atom is -0.306 e. The maximum absolute atomic E-state index is 12.7. The van der Waals surface area contributed by atoms with E-state index in [0.29, 0.717) is 16.4 Å². The molecule has 3 heterocycles. The van der Waals surface area contributed by atoms with Gasteiger partial charge in [-0.05, 0) is 47.8 Å². The molecule has 0 fully saturated rings. The highest BCUT2D eigenvalue weighted by Gasteiger charge is 2.18. The summed E-state index contributed by atoms with van der Waals surface area (Å²) in [5, 5.41) is 5.57. The van der Waals surface area contributed by atoms with E-state index in [1.54, 1.807) is 35.6 Å². The van der Waals surface area contributed by atoms with Crippen molar-refractivity contribution in [1.82, 2.24) is 9.38 Å². The van der Waals surface area contributed by atoms with Crippen LogP contribution in [0.3, 0.4) is 0 Å². The summed E-state index contributed by atoms with van der Waals surface area (Å²) in [6, 6.07) is 14.6. The van der Waals surface area contributed by atoms with Gasteiger partial charge in [0.05, 0.1) is 4.88 Å². The molecule has 124 valence electrons. The Kier molecular flexibility index (Phi) is 4.33. The van der Waals surface area contributed by atoms with Crippen molar-refractivity contribution >= 4 is 56.2 Å². The minimum atomic E-state index is -0.209. The summed E-state index contributed by atoms with van der Waals surface area (Å²) in [4.78, 5) is 18.3. The van der Waals surface area contributed by atoms with Gasteiger partial charge in [-0.15, -0.1) is 11.3 Å². The van der Waals surface area contributed by atoms with Crippen molar-refractivity contribution in [2.75, 3.05) is 5.32 Å². The highest BCUT2D eigenvalue weighted by Crippen LogP contribution is 2.33. The predicted octanol–water partition coefficient (Wildman–Crippen LogP) is 5.73. The summed E-state index contributed by atoms with van der Waals surface area (Å²) in [5.41, 5.74) is 2.04. The molecular weight excluding hydrogens is 422 g/mol. The first-order valence-electron chi connectivity index (χ1n) is 7.40. The van der Waals surface area contributed by atoms with Crippen molar-refractivity contribution in [2.45, 2.75) is 0 Å². The van der Waals surface area contributed by atoms with Gasteiger partial charge in [0.1, 0.15) is 17.2 Å². The molecule has 1 amide bonds. The van der Waals surface area contributed by atoms with Crippen LogP contribution in [0.15, 0.2) is 64.6 Å². The second-order valence-electron chi connectivity index (χ2n) is 5.32. The number of fused-ring (bicyclic) bond motifs is 1. The molecule has 0 saturated carbocycles. The third-order valence-corrected chi connectivity index (χ3v) is 5.30. The molecule has 0 spiro atoms. The van der Waals surface area contributed by atoms with E-state index in [2.05, 4.69) is 26.2 Å². The fourth-order valence-electron chi connectivity index (χ4n) is 2.51. The van der Waals surface area contributed by atoms with Crippen LogP contribution in [0.4, 0.5) is 5.82 Å². The van der Waals surface area contributed by atoms with E-state index in [0.717, 1.165) is 20.7 Å². The minimum absolute atomic E-state index is 0.209. The van der Waals surface area contributed by atoms with Gasteiger partial charge in [0.25, 0.3) is 5.91 Å². The van der Waals surface area contributed by atoms with Crippen molar-refractivity contribution < 1.29 is 4.79 Å². The number of anilines is 1. The van der Waals surface area contributed by atoms with Gasteiger partial charge in [-0.25, -0.2) is 4.98 Å². The van der Waals surface area contributed by atoms with Gasteiger partial charge in [0, 0.05) is 21.3 Å².